The van der Waals surface area contributed by atoms with Gasteiger partial charge in [0.15, 0.2) is 0 Å². The van der Waals surface area contributed by atoms with Crippen LogP contribution in [0.4, 0.5) is 0 Å². The molecule has 0 fully saturated rings. The second-order valence-electron chi connectivity index (χ2n) is 7.92. The number of halogens is 1. The van der Waals surface area contributed by atoms with E-state index in [1.165, 1.54) is 75.3 Å². The summed E-state index contributed by atoms with van der Waals surface area (Å²) in [5.74, 6) is 0. The number of hydrogen-bond acceptors (Lipinski definition) is 2. The second kappa shape index (κ2) is 14.6. The van der Waals surface area contributed by atoms with Crippen molar-refractivity contribution in [3.8, 4) is 0 Å². The topological polar surface area (TPSA) is 35.2 Å². The molecule has 152 valence electrons. The van der Waals surface area contributed by atoms with Crippen LogP contribution in [0, 0.1) is 0 Å². The largest absolute Gasteiger partial charge is 0.353 e. The molecule has 0 spiro atoms. The molecule has 1 atom stereocenters. The minimum absolute atomic E-state index is 0. The van der Waals surface area contributed by atoms with E-state index in [2.05, 4.69) is 45.0 Å². The minimum atomic E-state index is -0.330. The van der Waals surface area contributed by atoms with Crippen molar-refractivity contribution in [1.82, 2.24) is 0 Å². The molecule has 2 N–H and O–H groups in total. The van der Waals surface area contributed by atoms with E-state index in [0.717, 1.165) is 6.42 Å². The zero-order valence-corrected chi connectivity index (χ0v) is 19.3. The fourth-order valence-electron chi connectivity index (χ4n) is 3.66. The fourth-order valence-corrected chi connectivity index (χ4v) is 3.66. The molecule has 1 rings (SSSR count). The molecule has 0 aliphatic carbocycles. The van der Waals surface area contributed by atoms with E-state index in [9.17, 15) is 0 Å². The lowest BCUT2D eigenvalue weighted by Crippen LogP contribution is -2.32. The summed E-state index contributed by atoms with van der Waals surface area (Å²) in [5.41, 5.74) is 8.21. The van der Waals surface area contributed by atoms with Gasteiger partial charge in [-0.05, 0) is 44.7 Å². The van der Waals surface area contributed by atoms with E-state index in [1.54, 1.807) is 0 Å². The molecule has 0 amide bonds. The van der Waals surface area contributed by atoms with Gasteiger partial charge in [0.2, 0.25) is 0 Å². The van der Waals surface area contributed by atoms with Crippen LogP contribution in [-0.2, 0) is 16.8 Å². The van der Waals surface area contributed by atoms with Gasteiger partial charge in [0.25, 0.3) is 0 Å². The predicted molar refractivity (Wildman–Crippen MR) is 120 cm³/mol. The molecule has 1 unspecified atom stereocenters. The Bertz CT molecular complexity index is 459. The number of hydrogen-bond donors (Lipinski definition) is 1. The SMILES string of the molecule is Br.CCCCCCCCCCCCc1ccccc1C(C)(C)OC(C)N. The molecule has 0 saturated heterocycles. The summed E-state index contributed by atoms with van der Waals surface area (Å²) >= 11 is 0. The third kappa shape index (κ3) is 10.7. The van der Waals surface area contributed by atoms with Gasteiger partial charge in [-0.3, -0.25) is 0 Å². The van der Waals surface area contributed by atoms with Gasteiger partial charge >= 0.3 is 0 Å². The van der Waals surface area contributed by atoms with E-state index >= 15 is 0 Å². The fraction of sp³-hybridized carbons (Fsp3) is 0.739. The highest BCUT2D eigenvalue weighted by molar-refractivity contribution is 8.93. The van der Waals surface area contributed by atoms with Gasteiger partial charge < -0.3 is 10.5 Å². The lowest BCUT2D eigenvalue weighted by molar-refractivity contribution is -0.0657. The maximum Gasteiger partial charge on any atom is 0.103 e. The first-order valence-corrected chi connectivity index (χ1v) is 10.5. The van der Waals surface area contributed by atoms with Crippen molar-refractivity contribution in [3.05, 3.63) is 35.4 Å². The van der Waals surface area contributed by atoms with Gasteiger partial charge in [-0.2, -0.15) is 0 Å². The molecular formula is C23H42BrNO. The normalized spacial score (nSPS) is 12.7. The summed E-state index contributed by atoms with van der Waals surface area (Å²) in [6.45, 7) is 8.41. The van der Waals surface area contributed by atoms with Crippen LogP contribution in [-0.4, -0.2) is 6.23 Å². The van der Waals surface area contributed by atoms with Crippen LogP contribution in [0.5, 0.6) is 0 Å². The summed E-state index contributed by atoms with van der Waals surface area (Å²) in [6, 6.07) is 8.67. The minimum Gasteiger partial charge on any atom is -0.353 e. The Morgan fingerprint density at radius 2 is 1.38 bits per heavy atom. The van der Waals surface area contributed by atoms with Crippen molar-refractivity contribution in [2.24, 2.45) is 5.73 Å². The Labute approximate surface area is 173 Å². The third-order valence-corrected chi connectivity index (χ3v) is 4.95. The lowest BCUT2D eigenvalue weighted by Gasteiger charge is -2.30. The summed E-state index contributed by atoms with van der Waals surface area (Å²) in [4.78, 5) is 0. The molecule has 1 aromatic rings. The standard InChI is InChI=1S/C23H41NO.BrH/c1-5-6-7-8-9-10-11-12-13-14-17-21-18-15-16-19-22(21)23(3,4)25-20(2)24;/h15-16,18-20H,5-14,17,24H2,1-4H3;1H. The molecule has 3 heteroatoms. The van der Waals surface area contributed by atoms with Crippen molar-refractivity contribution >= 4 is 17.0 Å². The van der Waals surface area contributed by atoms with Crippen molar-refractivity contribution in [2.75, 3.05) is 0 Å². The van der Waals surface area contributed by atoms with Gasteiger partial charge in [0.05, 0.1) is 5.60 Å². The van der Waals surface area contributed by atoms with Crippen LogP contribution < -0.4 is 5.73 Å². The Balaban J connectivity index is 0.00000625. The molecule has 0 aliphatic rings. The molecule has 26 heavy (non-hydrogen) atoms. The number of nitrogens with two attached hydrogens (primary N) is 1. The molecule has 0 saturated carbocycles. The molecular weight excluding hydrogens is 386 g/mol. The summed E-state index contributed by atoms with van der Waals surface area (Å²) in [7, 11) is 0. The Morgan fingerprint density at radius 1 is 0.885 bits per heavy atom. The highest BCUT2D eigenvalue weighted by Gasteiger charge is 2.25. The van der Waals surface area contributed by atoms with Crippen LogP contribution in [0.25, 0.3) is 0 Å². The van der Waals surface area contributed by atoms with E-state index < -0.39 is 0 Å². The van der Waals surface area contributed by atoms with Gasteiger partial charge in [0.1, 0.15) is 6.23 Å². The number of rotatable bonds is 14. The molecule has 0 aromatic heterocycles. The number of unbranched alkanes of at least 4 members (excludes halogenated alkanes) is 9. The number of ether oxygens (including phenoxy) is 1. The second-order valence-corrected chi connectivity index (χ2v) is 7.92. The highest BCUT2D eigenvalue weighted by Crippen LogP contribution is 2.29. The zero-order chi connectivity index (χ0) is 18.5. The van der Waals surface area contributed by atoms with Gasteiger partial charge in [0, 0.05) is 0 Å². The van der Waals surface area contributed by atoms with E-state index in [-0.39, 0.29) is 28.8 Å². The summed E-state index contributed by atoms with van der Waals surface area (Å²) in [5, 5.41) is 0. The molecule has 2 nitrogen and oxygen atoms in total. The molecule has 0 radical (unpaired) electrons. The van der Waals surface area contributed by atoms with E-state index in [0.29, 0.717) is 0 Å². The molecule has 0 bridgehead atoms. The highest BCUT2D eigenvalue weighted by atomic mass is 79.9. The van der Waals surface area contributed by atoms with Gasteiger partial charge in [-0.25, -0.2) is 0 Å². The summed E-state index contributed by atoms with van der Waals surface area (Å²) < 4.78 is 5.94. The third-order valence-electron chi connectivity index (χ3n) is 4.95. The smallest absolute Gasteiger partial charge is 0.103 e. The maximum atomic E-state index is 5.94. The van der Waals surface area contributed by atoms with Crippen molar-refractivity contribution in [3.63, 3.8) is 0 Å². The predicted octanol–water partition coefficient (Wildman–Crippen LogP) is 7.28. The number of benzene rings is 1. The molecule has 0 aliphatic heterocycles. The Morgan fingerprint density at radius 3 is 1.92 bits per heavy atom. The molecule has 0 heterocycles. The quantitative estimate of drug-likeness (QED) is 0.249. The van der Waals surface area contributed by atoms with Gasteiger partial charge in [-0.15, -0.1) is 17.0 Å². The van der Waals surface area contributed by atoms with Crippen LogP contribution in [0.2, 0.25) is 0 Å². The monoisotopic (exact) mass is 427 g/mol. The van der Waals surface area contributed by atoms with Crippen LogP contribution in [0.15, 0.2) is 24.3 Å². The zero-order valence-electron chi connectivity index (χ0n) is 17.6. The average Bonchev–Trinajstić information content (AvgIpc) is 2.56. The van der Waals surface area contributed by atoms with Crippen molar-refractivity contribution < 1.29 is 4.74 Å². The number of aryl methyl sites for hydroxylation is 1. The maximum absolute atomic E-state index is 5.94. The van der Waals surface area contributed by atoms with Crippen molar-refractivity contribution in [2.45, 2.75) is 110 Å². The van der Waals surface area contributed by atoms with E-state index in [4.69, 9.17) is 10.5 Å². The van der Waals surface area contributed by atoms with Crippen LogP contribution in [0.1, 0.15) is 103 Å². The summed E-state index contributed by atoms with van der Waals surface area (Å²) in [6.07, 6.45) is 14.7. The Kier molecular flexibility index (Phi) is 14.4. The van der Waals surface area contributed by atoms with Gasteiger partial charge in [-0.1, -0.05) is 89.0 Å². The lowest BCUT2D eigenvalue weighted by atomic mass is 9.90. The van der Waals surface area contributed by atoms with Crippen LogP contribution in [0.3, 0.4) is 0 Å². The van der Waals surface area contributed by atoms with Crippen molar-refractivity contribution in [1.29, 1.82) is 0 Å². The first kappa shape index (κ1) is 25.6. The van der Waals surface area contributed by atoms with Crippen LogP contribution >= 0.6 is 17.0 Å². The first-order chi connectivity index (χ1) is 12.0. The van der Waals surface area contributed by atoms with E-state index in [1.807, 2.05) is 6.92 Å². The first-order valence-electron chi connectivity index (χ1n) is 10.5. The molecule has 1 aromatic carbocycles. The average molecular weight is 428 g/mol. The Hall–Kier alpha value is -0.380.